The summed E-state index contributed by atoms with van der Waals surface area (Å²) in [6.07, 6.45) is 0.823. The first-order chi connectivity index (χ1) is 6.65. The number of Topliss-reactive ketones (excluding diaryl/α,β-unsaturated/α-hetero) is 1. The fourth-order valence-corrected chi connectivity index (χ4v) is 1.57. The van der Waals surface area contributed by atoms with Crippen LogP contribution in [0.25, 0.3) is 0 Å². The van der Waals surface area contributed by atoms with Gasteiger partial charge in [0.2, 0.25) is 0 Å². The lowest BCUT2D eigenvalue weighted by Gasteiger charge is -2.09. The van der Waals surface area contributed by atoms with Gasteiger partial charge in [0.1, 0.15) is 0 Å². The largest absolute Gasteiger partial charge is 0.347 e. The van der Waals surface area contributed by atoms with Crippen LogP contribution in [-0.2, 0) is 4.79 Å². The number of thiophene rings is 1. The van der Waals surface area contributed by atoms with Crippen LogP contribution < -0.4 is 5.32 Å². The van der Waals surface area contributed by atoms with Crippen molar-refractivity contribution in [1.82, 2.24) is 5.32 Å². The summed E-state index contributed by atoms with van der Waals surface area (Å²) in [6.45, 7) is 3.83. The molecule has 1 heterocycles. The van der Waals surface area contributed by atoms with Crippen LogP contribution >= 0.6 is 11.3 Å². The van der Waals surface area contributed by atoms with Crippen molar-refractivity contribution in [3.8, 4) is 0 Å². The summed E-state index contributed by atoms with van der Waals surface area (Å²) >= 11 is 1.28. The summed E-state index contributed by atoms with van der Waals surface area (Å²) in [5, 5.41) is 4.42. The predicted molar refractivity (Wildman–Crippen MR) is 56.5 cm³/mol. The number of nitrogens with one attached hydrogen (secondary N) is 1. The van der Waals surface area contributed by atoms with Crippen molar-refractivity contribution in [3.05, 3.63) is 22.4 Å². The molecule has 0 aliphatic rings. The van der Waals surface area contributed by atoms with Gasteiger partial charge in [-0.25, -0.2) is 0 Å². The summed E-state index contributed by atoms with van der Waals surface area (Å²) < 4.78 is 0. The second-order valence-corrected chi connectivity index (χ2v) is 4.04. The molecule has 1 atom stereocenters. The van der Waals surface area contributed by atoms with Gasteiger partial charge in [-0.05, 0) is 24.8 Å². The monoisotopic (exact) mass is 211 g/mol. The third-order valence-electron chi connectivity index (χ3n) is 1.94. The van der Waals surface area contributed by atoms with Gasteiger partial charge in [0.05, 0.1) is 4.88 Å². The molecule has 1 unspecified atom stereocenters. The minimum atomic E-state index is -0.512. The van der Waals surface area contributed by atoms with Crippen LogP contribution in [0, 0.1) is 0 Å². The maximum Gasteiger partial charge on any atom is 0.293 e. The minimum Gasteiger partial charge on any atom is -0.347 e. The highest BCUT2D eigenvalue weighted by Crippen LogP contribution is 2.09. The summed E-state index contributed by atoms with van der Waals surface area (Å²) in [6, 6.07) is 3.46. The maximum absolute atomic E-state index is 11.5. The van der Waals surface area contributed by atoms with Crippen LogP contribution in [-0.4, -0.2) is 17.7 Å². The number of amides is 1. The summed E-state index contributed by atoms with van der Waals surface area (Å²) in [7, 11) is 0. The van der Waals surface area contributed by atoms with E-state index in [1.807, 2.05) is 13.8 Å². The topological polar surface area (TPSA) is 46.2 Å². The first-order valence-corrected chi connectivity index (χ1v) is 5.41. The second-order valence-electron chi connectivity index (χ2n) is 3.09. The molecule has 76 valence electrons. The second kappa shape index (κ2) is 4.91. The summed E-state index contributed by atoms with van der Waals surface area (Å²) in [5.41, 5.74) is 0. The van der Waals surface area contributed by atoms with Gasteiger partial charge >= 0.3 is 0 Å². The first-order valence-electron chi connectivity index (χ1n) is 4.53. The summed E-state index contributed by atoms with van der Waals surface area (Å²) in [5.74, 6) is -0.956. The summed E-state index contributed by atoms with van der Waals surface area (Å²) in [4.78, 5) is 23.3. The molecule has 1 rings (SSSR count). The molecule has 0 aliphatic carbocycles. The van der Waals surface area contributed by atoms with Gasteiger partial charge in [-0.1, -0.05) is 13.0 Å². The molecule has 0 aromatic carbocycles. The highest BCUT2D eigenvalue weighted by atomic mass is 32.1. The average molecular weight is 211 g/mol. The molecule has 4 heteroatoms. The Balaban J connectivity index is 2.58. The van der Waals surface area contributed by atoms with E-state index in [0.717, 1.165) is 6.42 Å². The molecule has 3 nitrogen and oxygen atoms in total. The molecular weight excluding hydrogens is 198 g/mol. The minimum absolute atomic E-state index is 0.0476. The van der Waals surface area contributed by atoms with E-state index < -0.39 is 11.7 Å². The molecule has 0 saturated carbocycles. The van der Waals surface area contributed by atoms with Crippen molar-refractivity contribution in [2.45, 2.75) is 26.3 Å². The highest BCUT2D eigenvalue weighted by molar-refractivity contribution is 7.13. The van der Waals surface area contributed by atoms with Crippen molar-refractivity contribution in [2.24, 2.45) is 0 Å². The molecule has 1 amide bonds. The first kappa shape index (κ1) is 10.9. The number of hydrogen-bond donors (Lipinski definition) is 1. The Morgan fingerprint density at radius 2 is 2.29 bits per heavy atom. The number of carbonyl (C=O) groups excluding carboxylic acids is 2. The average Bonchev–Trinajstić information content (AvgIpc) is 2.69. The van der Waals surface area contributed by atoms with E-state index in [1.54, 1.807) is 17.5 Å². The molecule has 0 aliphatic heterocycles. The van der Waals surface area contributed by atoms with Crippen molar-refractivity contribution in [3.63, 3.8) is 0 Å². The Hall–Kier alpha value is -1.16. The van der Waals surface area contributed by atoms with Crippen molar-refractivity contribution in [2.75, 3.05) is 0 Å². The zero-order valence-electron chi connectivity index (χ0n) is 8.24. The normalized spacial score (nSPS) is 12.1. The van der Waals surface area contributed by atoms with E-state index in [9.17, 15) is 9.59 Å². The predicted octanol–water partition coefficient (Wildman–Crippen LogP) is 1.85. The highest BCUT2D eigenvalue weighted by Gasteiger charge is 2.17. The van der Waals surface area contributed by atoms with E-state index in [0.29, 0.717) is 4.88 Å². The van der Waals surface area contributed by atoms with Crippen LogP contribution in [0.3, 0.4) is 0 Å². The van der Waals surface area contributed by atoms with E-state index in [1.165, 1.54) is 11.3 Å². The van der Waals surface area contributed by atoms with Crippen LogP contribution in [0.4, 0.5) is 0 Å². The van der Waals surface area contributed by atoms with E-state index in [4.69, 9.17) is 0 Å². The van der Waals surface area contributed by atoms with E-state index in [-0.39, 0.29) is 6.04 Å². The fourth-order valence-electron chi connectivity index (χ4n) is 0.911. The Morgan fingerprint density at radius 3 is 2.79 bits per heavy atom. The van der Waals surface area contributed by atoms with Crippen molar-refractivity contribution >= 4 is 23.0 Å². The van der Waals surface area contributed by atoms with Crippen LogP contribution in [0.1, 0.15) is 29.9 Å². The Labute approximate surface area is 87.1 Å². The molecule has 1 aromatic heterocycles. The van der Waals surface area contributed by atoms with Crippen molar-refractivity contribution < 1.29 is 9.59 Å². The van der Waals surface area contributed by atoms with Gasteiger partial charge in [-0.2, -0.15) is 0 Å². The molecule has 14 heavy (non-hydrogen) atoms. The maximum atomic E-state index is 11.5. The zero-order valence-corrected chi connectivity index (χ0v) is 9.06. The molecule has 0 fully saturated rings. The smallest absolute Gasteiger partial charge is 0.293 e. The molecule has 0 bridgehead atoms. The van der Waals surface area contributed by atoms with Crippen molar-refractivity contribution in [1.29, 1.82) is 0 Å². The van der Waals surface area contributed by atoms with Gasteiger partial charge in [0.15, 0.2) is 0 Å². The molecular formula is C10H13NO2S. The molecule has 1 N–H and O–H groups in total. The van der Waals surface area contributed by atoms with Gasteiger partial charge in [0, 0.05) is 6.04 Å². The zero-order chi connectivity index (χ0) is 10.6. The number of carbonyl (C=O) groups is 2. The third kappa shape index (κ3) is 2.67. The van der Waals surface area contributed by atoms with Gasteiger partial charge in [0.25, 0.3) is 11.7 Å². The van der Waals surface area contributed by atoms with Crippen LogP contribution in [0.15, 0.2) is 17.5 Å². The number of hydrogen-bond acceptors (Lipinski definition) is 3. The molecule has 1 aromatic rings. The van der Waals surface area contributed by atoms with E-state index >= 15 is 0 Å². The Morgan fingerprint density at radius 1 is 1.57 bits per heavy atom. The quantitative estimate of drug-likeness (QED) is 0.610. The Kier molecular flexibility index (Phi) is 3.83. The number of ketones is 1. The fraction of sp³-hybridized carbons (Fsp3) is 0.400. The standard InChI is InChI=1S/C10H13NO2S/c1-3-7(2)11-10(13)9(12)8-5-4-6-14-8/h4-7H,3H2,1-2H3,(H,11,13). The van der Waals surface area contributed by atoms with Gasteiger partial charge < -0.3 is 5.32 Å². The Bertz CT molecular complexity index is 319. The number of rotatable bonds is 4. The lowest BCUT2D eigenvalue weighted by Crippen LogP contribution is -2.36. The van der Waals surface area contributed by atoms with Crippen LogP contribution in [0.5, 0.6) is 0 Å². The van der Waals surface area contributed by atoms with Gasteiger partial charge in [-0.3, -0.25) is 9.59 Å². The SMILES string of the molecule is CCC(C)NC(=O)C(=O)c1cccs1. The van der Waals surface area contributed by atoms with Gasteiger partial charge in [-0.15, -0.1) is 11.3 Å². The lowest BCUT2D eigenvalue weighted by molar-refractivity contribution is -0.117. The molecule has 0 spiro atoms. The van der Waals surface area contributed by atoms with E-state index in [2.05, 4.69) is 5.32 Å². The molecule has 0 radical (unpaired) electrons. The third-order valence-corrected chi connectivity index (χ3v) is 2.81. The van der Waals surface area contributed by atoms with Crippen LogP contribution in [0.2, 0.25) is 0 Å². The lowest BCUT2D eigenvalue weighted by atomic mass is 10.2. The molecule has 0 saturated heterocycles.